The first kappa shape index (κ1) is 22.8. The molecule has 1 N–H and O–H groups in total. The van der Waals surface area contributed by atoms with Crippen LogP contribution in [0.25, 0.3) is 0 Å². The third kappa shape index (κ3) is 6.13. The fourth-order valence-corrected chi connectivity index (χ4v) is 5.32. The van der Waals surface area contributed by atoms with E-state index in [-0.39, 0.29) is 0 Å². The Morgan fingerprint density at radius 1 is 1.06 bits per heavy atom. The van der Waals surface area contributed by atoms with Crippen LogP contribution >= 0.6 is 0 Å². The predicted molar refractivity (Wildman–Crippen MR) is 121 cm³/mol. The van der Waals surface area contributed by atoms with Gasteiger partial charge in [-0.3, -0.25) is 9.80 Å². The zero-order valence-corrected chi connectivity index (χ0v) is 19.5. The maximum Gasteiger partial charge on any atom is 0.231 e. The quantitative estimate of drug-likeness (QED) is 0.680. The SMILES string of the molecule is CC(C)[C@H]1CC[C@@H](C)C[C@H]1OC[C@@H](O)CN1CCN(Cc2ccc3c(c2)OCO3)CC1. The highest BCUT2D eigenvalue weighted by molar-refractivity contribution is 5.44. The molecule has 6 nitrogen and oxygen atoms in total. The summed E-state index contributed by atoms with van der Waals surface area (Å²) >= 11 is 0. The van der Waals surface area contributed by atoms with Gasteiger partial charge in [-0.15, -0.1) is 0 Å². The van der Waals surface area contributed by atoms with Crippen molar-refractivity contribution >= 4 is 0 Å². The van der Waals surface area contributed by atoms with Crippen LogP contribution in [0, 0.1) is 17.8 Å². The second kappa shape index (κ2) is 10.5. The number of aliphatic hydroxyl groups excluding tert-OH is 1. The molecule has 0 aromatic heterocycles. The van der Waals surface area contributed by atoms with Crippen LogP contribution in [0.5, 0.6) is 11.5 Å². The fourth-order valence-electron chi connectivity index (χ4n) is 5.32. The second-order valence-electron chi connectivity index (χ2n) is 10.1. The fraction of sp³-hybridized carbons (Fsp3) is 0.760. The Bertz CT molecular complexity index is 705. The maximum absolute atomic E-state index is 10.6. The minimum Gasteiger partial charge on any atom is -0.454 e. The van der Waals surface area contributed by atoms with Gasteiger partial charge in [-0.25, -0.2) is 0 Å². The van der Waals surface area contributed by atoms with Gasteiger partial charge in [0.2, 0.25) is 6.79 Å². The van der Waals surface area contributed by atoms with Crippen molar-refractivity contribution in [2.24, 2.45) is 17.8 Å². The van der Waals surface area contributed by atoms with Crippen LogP contribution in [0.3, 0.4) is 0 Å². The summed E-state index contributed by atoms with van der Waals surface area (Å²) in [7, 11) is 0. The molecule has 1 saturated heterocycles. The summed E-state index contributed by atoms with van der Waals surface area (Å²) in [6.45, 7) is 13.3. The van der Waals surface area contributed by atoms with E-state index in [1.165, 1.54) is 18.4 Å². The van der Waals surface area contributed by atoms with Crippen LogP contribution in [0.2, 0.25) is 0 Å². The van der Waals surface area contributed by atoms with Crippen molar-refractivity contribution in [1.82, 2.24) is 9.80 Å². The normalized spacial score (nSPS) is 28.2. The molecular formula is C25H40N2O4. The molecule has 0 spiro atoms. The molecule has 1 aromatic carbocycles. The van der Waals surface area contributed by atoms with E-state index in [9.17, 15) is 5.11 Å². The summed E-state index contributed by atoms with van der Waals surface area (Å²) in [6.07, 6.45) is 3.59. The van der Waals surface area contributed by atoms with E-state index >= 15 is 0 Å². The smallest absolute Gasteiger partial charge is 0.231 e. The molecular weight excluding hydrogens is 392 g/mol. The van der Waals surface area contributed by atoms with E-state index in [0.29, 0.717) is 37.9 Å². The number of aliphatic hydroxyl groups is 1. The number of nitrogens with zero attached hydrogens (tertiary/aromatic N) is 2. The van der Waals surface area contributed by atoms with Gasteiger partial charge in [-0.2, -0.15) is 0 Å². The lowest BCUT2D eigenvalue weighted by molar-refractivity contribution is -0.0755. The predicted octanol–water partition coefficient (Wildman–Crippen LogP) is 3.37. The van der Waals surface area contributed by atoms with Gasteiger partial charge < -0.3 is 19.3 Å². The first-order valence-electron chi connectivity index (χ1n) is 12.1. The summed E-state index contributed by atoms with van der Waals surface area (Å²) in [5.41, 5.74) is 1.26. The lowest BCUT2D eigenvalue weighted by atomic mass is 9.75. The molecule has 4 atom stereocenters. The van der Waals surface area contributed by atoms with Crippen LogP contribution in [0.1, 0.15) is 45.6 Å². The molecule has 6 heteroatoms. The standard InChI is InChI=1S/C25H40N2O4/c1-18(2)22-6-4-19(3)12-24(22)29-16-21(28)15-27-10-8-26(9-11-27)14-20-5-7-23-25(13-20)31-17-30-23/h5,7,13,18-19,21-22,24,28H,4,6,8-12,14-17H2,1-3H3/t19-,21+,22-,24-/m1/s1. The molecule has 2 heterocycles. The first-order valence-corrected chi connectivity index (χ1v) is 12.1. The van der Waals surface area contributed by atoms with Gasteiger partial charge in [0, 0.05) is 39.3 Å². The molecule has 1 aromatic rings. The number of benzene rings is 1. The number of ether oxygens (including phenoxy) is 3. The number of fused-ring (bicyclic) bond motifs is 1. The third-order valence-corrected chi connectivity index (χ3v) is 7.24. The first-order chi connectivity index (χ1) is 15.0. The van der Waals surface area contributed by atoms with Crippen molar-refractivity contribution in [3.8, 4) is 11.5 Å². The van der Waals surface area contributed by atoms with Gasteiger partial charge in [-0.1, -0.05) is 33.3 Å². The molecule has 2 fully saturated rings. The van der Waals surface area contributed by atoms with E-state index in [4.69, 9.17) is 14.2 Å². The van der Waals surface area contributed by atoms with E-state index in [0.717, 1.165) is 56.6 Å². The molecule has 0 radical (unpaired) electrons. The van der Waals surface area contributed by atoms with Gasteiger partial charge in [0.1, 0.15) is 0 Å². The van der Waals surface area contributed by atoms with Crippen molar-refractivity contribution in [2.45, 2.75) is 58.8 Å². The van der Waals surface area contributed by atoms with Gasteiger partial charge >= 0.3 is 0 Å². The lowest BCUT2D eigenvalue weighted by Crippen LogP contribution is -2.49. The largest absolute Gasteiger partial charge is 0.454 e. The number of hydrogen-bond donors (Lipinski definition) is 1. The molecule has 31 heavy (non-hydrogen) atoms. The van der Waals surface area contributed by atoms with Gasteiger partial charge in [-0.05, 0) is 48.3 Å². The minimum absolute atomic E-state index is 0.303. The number of rotatable bonds is 8. The Morgan fingerprint density at radius 2 is 1.81 bits per heavy atom. The van der Waals surface area contributed by atoms with Crippen molar-refractivity contribution in [3.63, 3.8) is 0 Å². The molecule has 0 unspecified atom stereocenters. The second-order valence-corrected chi connectivity index (χ2v) is 10.1. The average Bonchev–Trinajstić information content (AvgIpc) is 3.21. The molecule has 1 saturated carbocycles. The number of hydrogen-bond acceptors (Lipinski definition) is 6. The molecule has 3 aliphatic rings. The third-order valence-electron chi connectivity index (χ3n) is 7.24. The monoisotopic (exact) mass is 432 g/mol. The minimum atomic E-state index is -0.412. The lowest BCUT2D eigenvalue weighted by Gasteiger charge is -2.38. The van der Waals surface area contributed by atoms with Crippen molar-refractivity contribution in [3.05, 3.63) is 23.8 Å². The van der Waals surface area contributed by atoms with E-state index in [1.807, 2.05) is 6.07 Å². The maximum atomic E-state index is 10.6. The molecule has 1 aliphatic carbocycles. The highest BCUT2D eigenvalue weighted by Gasteiger charge is 2.32. The van der Waals surface area contributed by atoms with Crippen LogP contribution in [0.4, 0.5) is 0 Å². The highest BCUT2D eigenvalue weighted by atomic mass is 16.7. The summed E-state index contributed by atoms with van der Waals surface area (Å²) in [5, 5.41) is 10.6. The van der Waals surface area contributed by atoms with E-state index in [1.54, 1.807) is 0 Å². The summed E-state index contributed by atoms with van der Waals surface area (Å²) in [5.74, 6) is 3.70. The molecule has 174 valence electrons. The topological polar surface area (TPSA) is 54.4 Å². The van der Waals surface area contributed by atoms with Crippen molar-refractivity contribution in [1.29, 1.82) is 0 Å². The summed E-state index contributed by atoms with van der Waals surface area (Å²) in [6, 6.07) is 6.21. The van der Waals surface area contributed by atoms with E-state index < -0.39 is 6.10 Å². The molecule has 4 rings (SSSR count). The Hall–Kier alpha value is -1.34. The summed E-state index contributed by atoms with van der Waals surface area (Å²) in [4.78, 5) is 4.83. The molecule has 2 aliphatic heterocycles. The zero-order valence-electron chi connectivity index (χ0n) is 19.5. The van der Waals surface area contributed by atoms with Gasteiger partial charge in [0.15, 0.2) is 11.5 Å². The van der Waals surface area contributed by atoms with Gasteiger partial charge in [0.25, 0.3) is 0 Å². The number of β-amino-alcohol motifs (C(OH)–C–C–N with tert-alkyl or cyclic N) is 1. The molecule has 0 amide bonds. The van der Waals surface area contributed by atoms with Crippen molar-refractivity contribution in [2.75, 3.05) is 46.1 Å². The van der Waals surface area contributed by atoms with Crippen molar-refractivity contribution < 1.29 is 19.3 Å². The zero-order chi connectivity index (χ0) is 21.8. The van der Waals surface area contributed by atoms with Crippen LogP contribution in [-0.2, 0) is 11.3 Å². The Kier molecular flexibility index (Phi) is 7.75. The van der Waals surface area contributed by atoms with E-state index in [2.05, 4.69) is 42.7 Å². The Morgan fingerprint density at radius 3 is 2.58 bits per heavy atom. The molecule has 0 bridgehead atoms. The Labute approximate surface area is 187 Å². The van der Waals surface area contributed by atoms with Crippen LogP contribution in [0.15, 0.2) is 18.2 Å². The van der Waals surface area contributed by atoms with Gasteiger partial charge in [0.05, 0.1) is 18.8 Å². The Balaban J connectivity index is 1.17. The van der Waals surface area contributed by atoms with Crippen LogP contribution < -0.4 is 9.47 Å². The average molecular weight is 433 g/mol. The summed E-state index contributed by atoms with van der Waals surface area (Å²) < 4.78 is 17.1. The number of piperazine rings is 1. The highest BCUT2D eigenvalue weighted by Crippen LogP contribution is 2.35. The van der Waals surface area contributed by atoms with Crippen LogP contribution in [-0.4, -0.2) is 73.2 Å².